The number of likely N-dealkylation sites (tertiary alicyclic amines) is 1. The van der Waals surface area contributed by atoms with Gasteiger partial charge in [-0.25, -0.2) is 14.2 Å². The Morgan fingerprint density at radius 1 is 1.38 bits per heavy atom. The van der Waals surface area contributed by atoms with E-state index in [2.05, 4.69) is 10.3 Å². The van der Waals surface area contributed by atoms with E-state index in [1.54, 1.807) is 24.0 Å². The topological polar surface area (TPSA) is 89.2 Å². The number of ether oxygens (including phenoxy) is 2. The van der Waals surface area contributed by atoms with Crippen LogP contribution in [0.25, 0.3) is 0 Å². The number of rotatable bonds is 6. The highest BCUT2D eigenvalue weighted by Gasteiger charge is 2.23. The molecule has 0 aromatic heterocycles. The number of carbonyl (C=O) groups excluding carboxylic acids is 1. The van der Waals surface area contributed by atoms with Crippen molar-refractivity contribution in [3.05, 3.63) is 30.1 Å². The van der Waals surface area contributed by atoms with E-state index in [0.29, 0.717) is 38.0 Å². The molecule has 1 atom stereocenters. The third-order valence-electron chi connectivity index (χ3n) is 4.04. The van der Waals surface area contributed by atoms with Crippen molar-refractivity contribution in [2.45, 2.75) is 38.8 Å². The van der Waals surface area contributed by atoms with Gasteiger partial charge in [0.15, 0.2) is 5.96 Å². The predicted molar refractivity (Wildman–Crippen MR) is 97.7 cm³/mol. The second kappa shape index (κ2) is 9.84. The SMILES string of the molecule is CCOC(=O)N1CCC(NC(N)=NCC(C)Oc2ccc(F)cc2)CC1. The van der Waals surface area contributed by atoms with Gasteiger partial charge < -0.3 is 25.4 Å². The molecule has 1 amide bonds. The summed E-state index contributed by atoms with van der Waals surface area (Å²) in [5.74, 6) is 0.645. The van der Waals surface area contributed by atoms with Crippen LogP contribution < -0.4 is 15.8 Å². The first kappa shape index (κ1) is 19.8. The first-order valence-electron chi connectivity index (χ1n) is 8.88. The summed E-state index contributed by atoms with van der Waals surface area (Å²) in [5.41, 5.74) is 5.94. The van der Waals surface area contributed by atoms with Gasteiger partial charge in [-0.15, -0.1) is 0 Å². The monoisotopic (exact) mass is 366 g/mol. The van der Waals surface area contributed by atoms with Crippen LogP contribution in [0.5, 0.6) is 5.75 Å². The minimum atomic E-state index is -0.300. The van der Waals surface area contributed by atoms with E-state index in [0.717, 1.165) is 12.8 Å². The lowest BCUT2D eigenvalue weighted by molar-refractivity contribution is 0.0963. The molecule has 0 saturated carbocycles. The molecule has 8 heteroatoms. The van der Waals surface area contributed by atoms with E-state index in [9.17, 15) is 9.18 Å². The molecular formula is C18H27FN4O3. The fraction of sp³-hybridized carbons (Fsp3) is 0.556. The van der Waals surface area contributed by atoms with Crippen LogP contribution in [0.3, 0.4) is 0 Å². The first-order chi connectivity index (χ1) is 12.5. The molecular weight excluding hydrogens is 339 g/mol. The van der Waals surface area contributed by atoms with Crippen molar-refractivity contribution in [2.75, 3.05) is 26.2 Å². The minimum Gasteiger partial charge on any atom is -0.489 e. The zero-order chi connectivity index (χ0) is 18.9. The number of hydrogen-bond acceptors (Lipinski definition) is 4. The van der Waals surface area contributed by atoms with Gasteiger partial charge in [0.25, 0.3) is 0 Å². The number of guanidine groups is 1. The van der Waals surface area contributed by atoms with Crippen LogP contribution in [0, 0.1) is 5.82 Å². The molecule has 0 spiro atoms. The van der Waals surface area contributed by atoms with E-state index in [-0.39, 0.29) is 24.1 Å². The van der Waals surface area contributed by atoms with Crippen LogP contribution in [0.15, 0.2) is 29.3 Å². The third kappa shape index (κ3) is 6.42. The number of amides is 1. The lowest BCUT2D eigenvalue weighted by Crippen LogP contribution is -2.48. The average Bonchev–Trinajstić information content (AvgIpc) is 2.63. The quantitative estimate of drug-likeness (QED) is 0.595. The number of carbonyl (C=O) groups is 1. The maximum atomic E-state index is 12.9. The Morgan fingerprint density at radius 3 is 2.65 bits per heavy atom. The highest BCUT2D eigenvalue weighted by atomic mass is 19.1. The van der Waals surface area contributed by atoms with Crippen LogP contribution in [-0.2, 0) is 4.74 Å². The summed E-state index contributed by atoms with van der Waals surface area (Å²) in [7, 11) is 0. The standard InChI is InChI=1S/C18H27FN4O3/c1-3-25-18(24)23-10-8-15(9-11-23)22-17(20)21-12-13(2)26-16-6-4-14(19)5-7-16/h4-7,13,15H,3,8-12H2,1-2H3,(H3,20,21,22). The van der Waals surface area contributed by atoms with Gasteiger partial charge in [0.1, 0.15) is 17.7 Å². The van der Waals surface area contributed by atoms with Gasteiger partial charge in [-0.2, -0.15) is 0 Å². The molecule has 1 aromatic carbocycles. The van der Waals surface area contributed by atoms with Crippen LogP contribution >= 0.6 is 0 Å². The number of piperidine rings is 1. The van der Waals surface area contributed by atoms with Crippen molar-refractivity contribution in [3.8, 4) is 5.75 Å². The Hall–Kier alpha value is -2.51. The number of benzene rings is 1. The normalized spacial score (nSPS) is 16.9. The number of aliphatic imine (C=N–C) groups is 1. The molecule has 1 saturated heterocycles. The Morgan fingerprint density at radius 2 is 2.04 bits per heavy atom. The molecule has 1 heterocycles. The first-order valence-corrected chi connectivity index (χ1v) is 8.88. The molecule has 1 aliphatic heterocycles. The van der Waals surface area contributed by atoms with Crippen molar-refractivity contribution < 1.29 is 18.7 Å². The van der Waals surface area contributed by atoms with Crippen LogP contribution in [0.4, 0.5) is 9.18 Å². The van der Waals surface area contributed by atoms with Gasteiger partial charge in [0, 0.05) is 19.1 Å². The van der Waals surface area contributed by atoms with Crippen molar-refractivity contribution in [1.82, 2.24) is 10.2 Å². The number of nitrogens with one attached hydrogen (secondary N) is 1. The molecule has 144 valence electrons. The second-order valence-electron chi connectivity index (χ2n) is 6.21. The average molecular weight is 366 g/mol. The van der Waals surface area contributed by atoms with Crippen LogP contribution in [0.1, 0.15) is 26.7 Å². The minimum absolute atomic E-state index is 0.178. The van der Waals surface area contributed by atoms with Crippen molar-refractivity contribution in [2.24, 2.45) is 10.7 Å². The largest absolute Gasteiger partial charge is 0.489 e. The van der Waals surface area contributed by atoms with Crippen molar-refractivity contribution >= 4 is 12.1 Å². The van der Waals surface area contributed by atoms with Gasteiger partial charge >= 0.3 is 6.09 Å². The fourth-order valence-electron chi connectivity index (χ4n) is 2.69. The molecule has 0 bridgehead atoms. The molecule has 2 rings (SSSR count). The highest BCUT2D eigenvalue weighted by molar-refractivity contribution is 5.78. The summed E-state index contributed by atoms with van der Waals surface area (Å²) in [6.45, 7) is 5.70. The number of halogens is 1. The van der Waals surface area contributed by atoms with E-state index in [1.165, 1.54) is 12.1 Å². The summed E-state index contributed by atoms with van der Waals surface area (Å²) in [4.78, 5) is 17.7. The Balaban J connectivity index is 1.71. The lowest BCUT2D eigenvalue weighted by atomic mass is 10.1. The second-order valence-corrected chi connectivity index (χ2v) is 6.21. The number of nitrogens with zero attached hydrogens (tertiary/aromatic N) is 2. The maximum absolute atomic E-state index is 12.9. The number of nitrogens with two attached hydrogens (primary N) is 1. The molecule has 0 radical (unpaired) electrons. The summed E-state index contributed by atoms with van der Waals surface area (Å²) < 4.78 is 23.5. The van der Waals surface area contributed by atoms with E-state index in [1.807, 2.05) is 6.92 Å². The molecule has 1 unspecified atom stereocenters. The molecule has 0 aliphatic carbocycles. The maximum Gasteiger partial charge on any atom is 0.409 e. The molecule has 26 heavy (non-hydrogen) atoms. The third-order valence-corrected chi connectivity index (χ3v) is 4.04. The van der Waals surface area contributed by atoms with E-state index >= 15 is 0 Å². The van der Waals surface area contributed by atoms with Gasteiger partial charge in [-0.05, 0) is 51.0 Å². The zero-order valence-corrected chi connectivity index (χ0v) is 15.3. The molecule has 1 aromatic rings. The van der Waals surface area contributed by atoms with Gasteiger partial charge in [-0.3, -0.25) is 0 Å². The van der Waals surface area contributed by atoms with E-state index in [4.69, 9.17) is 15.2 Å². The summed E-state index contributed by atoms with van der Waals surface area (Å²) >= 11 is 0. The number of hydrogen-bond donors (Lipinski definition) is 2. The fourth-order valence-corrected chi connectivity index (χ4v) is 2.69. The van der Waals surface area contributed by atoms with Crippen LogP contribution in [-0.4, -0.2) is 55.3 Å². The smallest absolute Gasteiger partial charge is 0.409 e. The summed E-state index contributed by atoms with van der Waals surface area (Å²) in [6, 6.07) is 6.04. The molecule has 7 nitrogen and oxygen atoms in total. The van der Waals surface area contributed by atoms with E-state index < -0.39 is 0 Å². The zero-order valence-electron chi connectivity index (χ0n) is 15.3. The van der Waals surface area contributed by atoms with Gasteiger partial charge in [-0.1, -0.05) is 0 Å². The molecule has 1 fully saturated rings. The summed E-state index contributed by atoms with van der Waals surface area (Å²) in [5, 5.41) is 3.18. The predicted octanol–water partition coefficient (Wildman–Crippen LogP) is 2.12. The Kier molecular flexibility index (Phi) is 7.50. The molecule has 3 N–H and O–H groups in total. The van der Waals surface area contributed by atoms with Gasteiger partial charge in [0.2, 0.25) is 0 Å². The highest BCUT2D eigenvalue weighted by Crippen LogP contribution is 2.13. The van der Waals surface area contributed by atoms with Crippen LogP contribution in [0.2, 0.25) is 0 Å². The summed E-state index contributed by atoms with van der Waals surface area (Å²) in [6.07, 6.45) is 1.12. The van der Waals surface area contributed by atoms with Gasteiger partial charge in [0.05, 0.1) is 13.2 Å². The Labute approximate surface area is 153 Å². The Bertz CT molecular complexity index is 601. The lowest BCUT2D eigenvalue weighted by Gasteiger charge is -2.31. The van der Waals surface area contributed by atoms with Crippen molar-refractivity contribution in [1.29, 1.82) is 0 Å². The van der Waals surface area contributed by atoms with Crippen molar-refractivity contribution in [3.63, 3.8) is 0 Å². The molecule has 1 aliphatic rings.